The molecule has 0 radical (unpaired) electrons. The van der Waals surface area contributed by atoms with Gasteiger partial charge < -0.3 is 9.84 Å². The van der Waals surface area contributed by atoms with Crippen molar-refractivity contribution in [2.45, 2.75) is 31.9 Å². The Morgan fingerprint density at radius 3 is 3.00 bits per heavy atom. The van der Waals surface area contributed by atoms with E-state index in [4.69, 9.17) is 9.84 Å². The van der Waals surface area contributed by atoms with Crippen LogP contribution < -0.4 is 0 Å². The number of hydrogen-bond donors (Lipinski definition) is 1. The van der Waals surface area contributed by atoms with Gasteiger partial charge in [-0.2, -0.15) is 4.31 Å². The summed E-state index contributed by atoms with van der Waals surface area (Å²) in [6.45, 7) is 1.33. The first kappa shape index (κ1) is 15.0. The van der Waals surface area contributed by atoms with Gasteiger partial charge in [-0.05, 0) is 30.9 Å². The number of thiophene rings is 1. The first-order chi connectivity index (χ1) is 9.95. The van der Waals surface area contributed by atoms with Crippen molar-refractivity contribution < 1.29 is 23.1 Å². The zero-order valence-corrected chi connectivity index (χ0v) is 13.1. The molecule has 1 aromatic heterocycles. The average Bonchev–Trinajstić information content (AvgIpc) is 3.05. The lowest BCUT2D eigenvalue weighted by molar-refractivity contribution is 0.0702. The Labute approximate surface area is 127 Å². The first-order valence-electron chi connectivity index (χ1n) is 6.90. The second-order valence-corrected chi connectivity index (χ2v) is 8.51. The quantitative estimate of drug-likeness (QED) is 0.899. The third kappa shape index (κ3) is 3.13. The molecule has 0 bridgehead atoms. The van der Waals surface area contributed by atoms with E-state index >= 15 is 0 Å². The van der Waals surface area contributed by atoms with E-state index in [1.807, 2.05) is 0 Å². The smallest absolute Gasteiger partial charge is 0.345 e. The Morgan fingerprint density at radius 2 is 2.33 bits per heavy atom. The van der Waals surface area contributed by atoms with Gasteiger partial charge in [0.15, 0.2) is 0 Å². The van der Waals surface area contributed by atoms with Crippen LogP contribution in [0.15, 0.2) is 6.07 Å². The van der Waals surface area contributed by atoms with Crippen LogP contribution in [0.5, 0.6) is 0 Å². The lowest BCUT2D eigenvalue weighted by atomic mass is 10.1. The maximum Gasteiger partial charge on any atom is 0.345 e. The normalized spacial score (nSPS) is 23.1. The molecule has 116 valence electrons. The summed E-state index contributed by atoms with van der Waals surface area (Å²) in [5.41, 5.74) is 0.959. The highest BCUT2D eigenvalue weighted by molar-refractivity contribution is 7.89. The van der Waals surface area contributed by atoms with Crippen LogP contribution in [-0.2, 0) is 27.7 Å². The predicted octanol–water partition coefficient (Wildman–Crippen LogP) is 1.31. The molecule has 2 aliphatic heterocycles. The van der Waals surface area contributed by atoms with Gasteiger partial charge in [-0.3, -0.25) is 0 Å². The minimum absolute atomic E-state index is 0.0273. The Kier molecular flexibility index (Phi) is 4.04. The Bertz CT molecular complexity index is 646. The van der Waals surface area contributed by atoms with Crippen LogP contribution in [-0.4, -0.2) is 48.8 Å². The fraction of sp³-hybridized carbons (Fsp3) is 0.615. The van der Waals surface area contributed by atoms with Gasteiger partial charge in [0.25, 0.3) is 0 Å². The summed E-state index contributed by atoms with van der Waals surface area (Å²) in [5.74, 6) is -0.928. The van der Waals surface area contributed by atoms with Crippen molar-refractivity contribution in [2.24, 2.45) is 0 Å². The summed E-state index contributed by atoms with van der Waals surface area (Å²) < 4.78 is 31.7. The monoisotopic (exact) mass is 331 g/mol. The molecule has 0 aliphatic carbocycles. The van der Waals surface area contributed by atoms with Crippen molar-refractivity contribution in [3.05, 3.63) is 21.4 Å². The van der Waals surface area contributed by atoms with Crippen molar-refractivity contribution >= 4 is 27.3 Å². The Balaban J connectivity index is 1.74. The summed E-state index contributed by atoms with van der Waals surface area (Å²) in [7, 11) is -3.35. The van der Waals surface area contributed by atoms with Crippen LogP contribution in [0.1, 0.15) is 33.0 Å². The summed E-state index contributed by atoms with van der Waals surface area (Å²) in [6.07, 6.45) is 2.08. The molecular weight excluding hydrogens is 314 g/mol. The van der Waals surface area contributed by atoms with Crippen LogP contribution in [0.3, 0.4) is 0 Å². The van der Waals surface area contributed by atoms with Crippen molar-refractivity contribution in [3.63, 3.8) is 0 Å². The van der Waals surface area contributed by atoms with Gasteiger partial charge >= 0.3 is 5.97 Å². The van der Waals surface area contributed by atoms with Crippen LogP contribution in [0.2, 0.25) is 0 Å². The zero-order chi connectivity index (χ0) is 15.0. The highest BCUT2D eigenvalue weighted by Gasteiger charge is 2.32. The number of aromatic carboxylic acids is 1. The van der Waals surface area contributed by atoms with E-state index in [-0.39, 0.29) is 23.3 Å². The number of fused-ring (bicyclic) bond motifs is 1. The first-order valence-corrected chi connectivity index (χ1v) is 9.32. The van der Waals surface area contributed by atoms with Crippen molar-refractivity contribution in [1.29, 1.82) is 0 Å². The lowest BCUT2D eigenvalue weighted by Crippen LogP contribution is -2.39. The molecule has 1 fully saturated rings. The second kappa shape index (κ2) is 5.68. The molecule has 0 saturated carbocycles. The molecule has 3 rings (SSSR count). The average molecular weight is 331 g/mol. The van der Waals surface area contributed by atoms with Gasteiger partial charge in [0.1, 0.15) is 4.88 Å². The van der Waals surface area contributed by atoms with Crippen molar-refractivity contribution in [1.82, 2.24) is 4.31 Å². The molecule has 6 nitrogen and oxygen atoms in total. The standard InChI is InChI=1S/C13H17NO5S2/c15-13(16)11-6-9-3-4-14(7-12(9)20-11)21(17,18)8-10-2-1-5-19-10/h6,10H,1-5,7-8H2,(H,15,16). The minimum atomic E-state index is -3.35. The highest BCUT2D eigenvalue weighted by atomic mass is 32.2. The molecule has 0 spiro atoms. The van der Waals surface area contributed by atoms with Crippen molar-refractivity contribution in [3.8, 4) is 0 Å². The number of nitrogens with zero attached hydrogens (tertiary/aromatic N) is 1. The molecule has 1 unspecified atom stereocenters. The third-order valence-electron chi connectivity index (χ3n) is 3.87. The molecule has 1 N–H and O–H groups in total. The van der Waals surface area contributed by atoms with Crippen molar-refractivity contribution in [2.75, 3.05) is 18.9 Å². The number of sulfonamides is 1. The van der Waals surface area contributed by atoms with Gasteiger partial charge in [-0.15, -0.1) is 11.3 Å². The molecule has 1 saturated heterocycles. The van der Waals surface area contributed by atoms with Crippen LogP contribution in [0.25, 0.3) is 0 Å². The molecule has 21 heavy (non-hydrogen) atoms. The maximum atomic E-state index is 12.4. The van der Waals surface area contributed by atoms with Gasteiger partial charge in [-0.25, -0.2) is 13.2 Å². The Morgan fingerprint density at radius 1 is 1.52 bits per heavy atom. The summed E-state index contributed by atoms with van der Waals surface area (Å²) >= 11 is 1.17. The van der Waals surface area contributed by atoms with E-state index in [0.29, 0.717) is 19.6 Å². The maximum absolute atomic E-state index is 12.4. The second-order valence-electron chi connectivity index (χ2n) is 5.36. The zero-order valence-electron chi connectivity index (χ0n) is 11.4. The number of rotatable bonds is 4. The number of ether oxygens (including phenoxy) is 1. The van der Waals surface area contributed by atoms with Crippen LogP contribution in [0.4, 0.5) is 0 Å². The third-order valence-corrected chi connectivity index (χ3v) is 6.91. The van der Waals surface area contributed by atoms with Crippen LogP contribution in [0, 0.1) is 0 Å². The molecular formula is C13H17NO5S2. The molecule has 8 heteroatoms. The molecule has 0 aromatic carbocycles. The lowest BCUT2D eigenvalue weighted by Gasteiger charge is -2.27. The van der Waals surface area contributed by atoms with E-state index in [0.717, 1.165) is 23.3 Å². The van der Waals surface area contributed by atoms with Gasteiger partial charge in [-0.1, -0.05) is 0 Å². The Hall–Kier alpha value is -0.960. The summed E-state index contributed by atoms with van der Waals surface area (Å²) in [5, 5.41) is 9.01. The van der Waals surface area contributed by atoms with E-state index < -0.39 is 16.0 Å². The summed E-state index contributed by atoms with van der Waals surface area (Å²) in [6, 6.07) is 1.66. The topological polar surface area (TPSA) is 83.9 Å². The number of hydrogen-bond acceptors (Lipinski definition) is 5. The van der Waals surface area contributed by atoms with Gasteiger partial charge in [0.2, 0.25) is 10.0 Å². The molecule has 3 heterocycles. The van der Waals surface area contributed by atoms with Gasteiger partial charge in [0.05, 0.1) is 11.9 Å². The SMILES string of the molecule is O=C(O)c1cc2c(s1)CN(S(=O)(=O)CC1CCCO1)CC2. The molecule has 1 atom stereocenters. The van der Waals surface area contributed by atoms with E-state index in [2.05, 4.69) is 0 Å². The number of carboxylic acid groups (broad SMARTS) is 1. The van der Waals surface area contributed by atoms with E-state index in [1.54, 1.807) is 6.07 Å². The summed E-state index contributed by atoms with van der Waals surface area (Å²) in [4.78, 5) is 12.1. The molecule has 2 aliphatic rings. The fourth-order valence-corrected chi connectivity index (χ4v) is 5.54. The molecule has 1 aromatic rings. The number of carboxylic acids is 1. The van der Waals surface area contributed by atoms with E-state index in [9.17, 15) is 13.2 Å². The van der Waals surface area contributed by atoms with Gasteiger partial charge in [0, 0.05) is 24.6 Å². The highest BCUT2D eigenvalue weighted by Crippen LogP contribution is 2.30. The largest absolute Gasteiger partial charge is 0.477 e. The van der Waals surface area contributed by atoms with Crippen LogP contribution >= 0.6 is 11.3 Å². The molecule has 0 amide bonds. The fourth-order valence-electron chi connectivity index (χ4n) is 2.76. The number of carbonyl (C=O) groups is 1. The minimum Gasteiger partial charge on any atom is -0.477 e. The predicted molar refractivity (Wildman–Crippen MR) is 78.2 cm³/mol. The van der Waals surface area contributed by atoms with E-state index in [1.165, 1.54) is 15.6 Å².